The lowest BCUT2D eigenvalue weighted by Crippen LogP contribution is -2.58. The minimum Gasteiger partial charge on any atom is -0.481 e. The maximum atomic E-state index is 13.8. The Hall–Kier alpha value is -2.46. The van der Waals surface area contributed by atoms with Crippen molar-refractivity contribution in [3.05, 3.63) is 0 Å². The summed E-state index contributed by atoms with van der Waals surface area (Å²) in [4.78, 5) is 52.8. The molecule has 9 nitrogen and oxygen atoms in total. The number of likely N-dealkylation sites (tertiary alicyclic amines) is 1. The van der Waals surface area contributed by atoms with Crippen molar-refractivity contribution in [1.82, 2.24) is 15.1 Å². The highest BCUT2D eigenvalue weighted by atomic mass is 19.3. The van der Waals surface area contributed by atoms with E-state index in [-0.39, 0.29) is 6.54 Å². The molecular weight excluding hydrogens is 440 g/mol. The molecule has 2 fully saturated rings. The fraction of sp³-hybridized carbons (Fsp3) is 0.818. The van der Waals surface area contributed by atoms with E-state index in [0.29, 0.717) is 25.7 Å². The van der Waals surface area contributed by atoms with Gasteiger partial charge in [0.05, 0.1) is 18.4 Å². The monoisotopic (exact) mass is 475 g/mol. The van der Waals surface area contributed by atoms with E-state index < -0.39 is 72.2 Å². The molecule has 33 heavy (non-hydrogen) atoms. The van der Waals surface area contributed by atoms with Gasteiger partial charge >= 0.3 is 12.1 Å². The van der Waals surface area contributed by atoms with Crippen molar-refractivity contribution in [1.29, 1.82) is 0 Å². The molecule has 0 spiro atoms. The smallest absolute Gasteiger partial charge is 0.408 e. The highest BCUT2D eigenvalue weighted by Gasteiger charge is 2.48. The molecule has 0 bridgehead atoms. The summed E-state index contributed by atoms with van der Waals surface area (Å²) in [6, 6.07) is -1.41. The molecule has 3 amide bonds. The van der Waals surface area contributed by atoms with Crippen LogP contribution in [0, 0.1) is 17.8 Å². The largest absolute Gasteiger partial charge is 0.481 e. The second-order valence-corrected chi connectivity index (χ2v) is 10.2. The number of hydrogen-bond acceptors (Lipinski definition) is 5. The van der Waals surface area contributed by atoms with Crippen molar-refractivity contribution in [3.63, 3.8) is 0 Å². The van der Waals surface area contributed by atoms with Gasteiger partial charge in [0, 0.05) is 27.1 Å². The number of halogens is 2. The zero-order chi connectivity index (χ0) is 25.1. The molecule has 2 rings (SSSR count). The van der Waals surface area contributed by atoms with Crippen molar-refractivity contribution in [2.45, 2.75) is 70.4 Å². The number of hydrogen-bond donors (Lipinski definition) is 2. The van der Waals surface area contributed by atoms with Gasteiger partial charge in [-0.05, 0) is 52.4 Å². The van der Waals surface area contributed by atoms with Gasteiger partial charge in [-0.25, -0.2) is 13.6 Å². The van der Waals surface area contributed by atoms with Crippen molar-refractivity contribution in [2.24, 2.45) is 17.8 Å². The Morgan fingerprint density at radius 1 is 1.12 bits per heavy atom. The van der Waals surface area contributed by atoms with Gasteiger partial charge in [0.15, 0.2) is 0 Å². The summed E-state index contributed by atoms with van der Waals surface area (Å²) in [5.74, 6) is -7.13. The minimum absolute atomic E-state index is 0.188. The van der Waals surface area contributed by atoms with Gasteiger partial charge in [0.1, 0.15) is 11.6 Å². The fourth-order valence-electron chi connectivity index (χ4n) is 4.50. The fourth-order valence-corrected chi connectivity index (χ4v) is 4.50. The second-order valence-electron chi connectivity index (χ2n) is 10.2. The number of ether oxygens (including phenoxy) is 1. The van der Waals surface area contributed by atoms with Crippen LogP contribution in [0.1, 0.15) is 52.9 Å². The van der Waals surface area contributed by atoms with Crippen molar-refractivity contribution in [3.8, 4) is 0 Å². The Bertz CT molecular complexity index is 760. The van der Waals surface area contributed by atoms with Crippen molar-refractivity contribution in [2.75, 3.05) is 27.2 Å². The van der Waals surface area contributed by atoms with Crippen LogP contribution in [-0.4, -0.2) is 83.5 Å². The second kappa shape index (κ2) is 10.2. The molecule has 0 aromatic heterocycles. The predicted molar refractivity (Wildman–Crippen MR) is 115 cm³/mol. The standard InChI is InChI=1S/C22H35F2N3O6/c1-21(2,3)33-20(32)25-16(18(29)27-11-10-22(23,24)12-27)15(17(28)26(4)5)13-6-8-14(9-7-13)19(30)31/h13-16H,6-12H2,1-5H3,(H,25,32)(H,30,31)/t13?,14?,15-,16-/m0/s1. The number of nitrogens with zero attached hydrogens (tertiary/aromatic N) is 2. The van der Waals surface area contributed by atoms with Gasteiger partial charge in [0.2, 0.25) is 11.8 Å². The van der Waals surface area contributed by atoms with Crippen molar-refractivity contribution < 1.29 is 37.8 Å². The maximum absolute atomic E-state index is 13.8. The lowest BCUT2D eigenvalue weighted by atomic mass is 9.72. The third-order valence-corrected chi connectivity index (χ3v) is 6.13. The number of carboxylic acid groups (broad SMARTS) is 1. The lowest BCUT2D eigenvalue weighted by Gasteiger charge is -2.38. The number of alkyl halides is 2. The van der Waals surface area contributed by atoms with E-state index in [1.165, 1.54) is 19.0 Å². The Morgan fingerprint density at radius 3 is 2.12 bits per heavy atom. The van der Waals surface area contributed by atoms with Crippen LogP contribution in [-0.2, 0) is 19.1 Å². The molecule has 0 aromatic rings. The van der Waals surface area contributed by atoms with Crippen molar-refractivity contribution >= 4 is 23.9 Å². The van der Waals surface area contributed by atoms with Crippen LogP contribution >= 0.6 is 0 Å². The first-order chi connectivity index (χ1) is 15.1. The zero-order valence-electron chi connectivity index (χ0n) is 19.9. The number of rotatable bonds is 6. The van der Waals surface area contributed by atoms with Crippen LogP contribution < -0.4 is 5.32 Å². The average molecular weight is 476 g/mol. The summed E-state index contributed by atoms with van der Waals surface area (Å²) in [5.41, 5.74) is -0.876. The molecule has 11 heteroatoms. The number of aliphatic carboxylic acids is 1. The van der Waals surface area contributed by atoms with E-state index >= 15 is 0 Å². The summed E-state index contributed by atoms with van der Waals surface area (Å²) in [7, 11) is 3.02. The van der Waals surface area contributed by atoms with E-state index in [9.17, 15) is 33.1 Å². The Balaban J connectivity index is 2.37. The molecule has 2 N–H and O–H groups in total. The molecule has 188 valence electrons. The first-order valence-electron chi connectivity index (χ1n) is 11.2. The van der Waals surface area contributed by atoms with E-state index in [1.807, 2.05) is 0 Å². The van der Waals surface area contributed by atoms with Crippen LogP contribution in [0.3, 0.4) is 0 Å². The molecule has 1 saturated heterocycles. The first-order valence-corrected chi connectivity index (χ1v) is 11.2. The van der Waals surface area contributed by atoms with Crippen LogP contribution in [0.4, 0.5) is 13.6 Å². The van der Waals surface area contributed by atoms with E-state index in [0.717, 1.165) is 4.90 Å². The topological polar surface area (TPSA) is 116 Å². The quantitative estimate of drug-likeness (QED) is 0.609. The molecule has 1 saturated carbocycles. The number of amides is 3. The highest BCUT2D eigenvalue weighted by molar-refractivity contribution is 5.92. The number of carbonyl (C=O) groups excluding carboxylic acids is 3. The molecule has 0 radical (unpaired) electrons. The van der Waals surface area contributed by atoms with Crippen LogP contribution in [0.15, 0.2) is 0 Å². The van der Waals surface area contributed by atoms with Gasteiger partial charge in [-0.1, -0.05) is 0 Å². The van der Waals surface area contributed by atoms with Crippen LogP contribution in [0.2, 0.25) is 0 Å². The summed E-state index contributed by atoms with van der Waals surface area (Å²) < 4.78 is 32.9. The van der Waals surface area contributed by atoms with Gasteiger partial charge in [-0.2, -0.15) is 0 Å². The van der Waals surface area contributed by atoms with Gasteiger partial charge in [-0.15, -0.1) is 0 Å². The van der Waals surface area contributed by atoms with Gasteiger partial charge < -0.3 is 25.0 Å². The summed E-state index contributed by atoms with van der Waals surface area (Å²) in [6.45, 7) is 3.94. The Morgan fingerprint density at radius 2 is 1.70 bits per heavy atom. The zero-order valence-corrected chi connectivity index (χ0v) is 19.9. The Kier molecular flexibility index (Phi) is 8.29. The number of carbonyl (C=O) groups is 4. The highest BCUT2D eigenvalue weighted by Crippen LogP contribution is 2.37. The first kappa shape index (κ1) is 26.8. The normalized spacial score (nSPS) is 24.5. The summed E-state index contributed by atoms with van der Waals surface area (Å²) in [6.07, 6.45) is -0.0523. The van der Waals surface area contributed by atoms with Gasteiger partial charge in [0.25, 0.3) is 5.92 Å². The number of nitrogens with one attached hydrogen (secondary N) is 1. The third-order valence-electron chi connectivity index (χ3n) is 6.13. The molecule has 0 unspecified atom stereocenters. The molecule has 2 aliphatic rings. The molecule has 2 atom stereocenters. The van der Waals surface area contributed by atoms with E-state index in [1.54, 1.807) is 20.8 Å². The molecule has 0 aromatic carbocycles. The lowest BCUT2D eigenvalue weighted by molar-refractivity contribution is -0.147. The summed E-state index contributed by atoms with van der Waals surface area (Å²) >= 11 is 0. The van der Waals surface area contributed by atoms with Crippen LogP contribution in [0.5, 0.6) is 0 Å². The SMILES string of the molecule is CN(C)C(=O)[C@@H](C1CCC(C(=O)O)CC1)[C@H](NC(=O)OC(C)(C)C)C(=O)N1CCC(F)(F)C1. The molecule has 1 aliphatic carbocycles. The predicted octanol–water partition coefficient (Wildman–Crippen LogP) is 2.34. The molecule has 1 aliphatic heterocycles. The third kappa shape index (κ3) is 7.26. The molecular formula is C22H35F2N3O6. The maximum Gasteiger partial charge on any atom is 0.408 e. The summed E-state index contributed by atoms with van der Waals surface area (Å²) in [5, 5.41) is 11.8. The average Bonchev–Trinajstić information content (AvgIpc) is 3.05. The Labute approximate surface area is 192 Å². The van der Waals surface area contributed by atoms with Crippen LogP contribution in [0.25, 0.3) is 0 Å². The van der Waals surface area contributed by atoms with E-state index in [2.05, 4.69) is 5.32 Å². The van der Waals surface area contributed by atoms with E-state index in [4.69, 9.17) is 4.74 Å². The van der Waals surface area contributed by atoms with Gasteiger partial charge in [-0.3, -0.25) is 14.4 Å². The number of alkyl carbamates (subject to hydrolysis) is 1. The minimum atomic E-state index is -3.03. The number of carboxylic acids is 1. The molecule has 1 heterocycles.